The number of methoxy groups -OCH3 is 1. The molecule has 140 valence electrons. The summed E-state index contributed by atoms with van der Waals surface area (Å²) in [5.74, 6) is -1.45. The van der Waals surface area contributed by atoms with E-state index in [9.17, 15) is 17.2 Å². The van der Waals surface area contributed by atoms with E-state index in [0.29, 0.717) is 24.8 Å². The van der Waals surface area contributed by atoms with Crippen LogP contribution in [-0.2, 0) is 10.0 Å². The second kappa shape index (κ2) is 7.50. The van der Waals surface area contributed by atoms with Crippen LogP contribution in [0.15, 0.2) is 35.4 Å². The third-order valence-electron chi connectivity index (χ3n) is 3.99. The lowest BCUT2D eigenvalue weighted by Gasteiger charge is -2.31. The highest BCUT2D eigenvalue weighted by Gasteiger charge is 2.32. The molecule has 1 aromatic carbocycles. The zero-order chi connectivity index (χ0) is 18.7. The van der Waals surface area contributed by atoms with Gasteiger partial charge < -0.3 is 9.47 Å². The summed E-state index contributed by atoms with van der Waals surface area (Å²) in [5, 5.41) is 0. The van der Waals surface area contributed by atoms with E-state index in [1.807, 2.05) is 0 Å². The fourth-order valence-electron chi connectivity index (χ4n) is 2.66. The monoisotopic (exact) mass is 385 g/mol. The minimum Gasteiger partial charge on any atom is -0.474 e. The number of nitrogens with zero attached hydrogens (tertiary/aromatic N) is 3. The quantitative estimate of drug-likeness (QED) is 0.783. The van der Waals surface area contributed by atoms with Crippen molar-refractivity contribution in [2.75, 3.05) is 20.2 Å². The molecule has 0 radical (unpaired) electrons. The molecule has 1 saturated heterocycles. The molecule has 0 spiro atoms. The van der Waals surface area contributed by atoms with E-state index in [0.717, 1.165) is 16.4 Å². The number of sulfonamides is 1. The number of rotatable bonds is 5. The summed E-state index contributed by atoms with van der Waals surface area (Å²) in [5.41, 5.74) is 0. The highest BCUT2D eigenvalue weighted by Crippen LogP contribution is 2.25. The first-order valence-electron chi connectivity index (χ1n) is 7.89. The molecular formula is C16H17F2N3O4S. The van der Waals surface area contributed by atoms with E-state index in [2.05, 4.69) is 9.97 Å². The minimum absolute atomic E-state index is 0.130. The summed E-state index contributed by atoms with van der Waals surface area (Å²) in [6.07, 6.45) is 2.02. The Morgan fingerprint density at radius 3 is 2.62 bits per heavy atom. The van der Waals surface area contributed by atoms with Crippen molar-refractivity contribution < 1.29 is 26.7 Å². The topological polar surface area (TPSA) is 81.6 Å². The normalized spacial score (nSPS) is 16.4. The van der Waals surface area contributed by atoms with Gasteiger partial charge in [0.25, 0.3) is 0 Å². The maximum absolute atomic E-state index is 13.8. The van der Waals surface area contributed by atoms with Gasteiger partial charge in [-0.15, -0.1) is 0 Å². The van der Waals surface area contributed by atoms with Crippen molar-refractivity contribution in [3.63, 3.8) is 0 Å². The molecule has 7 nitrogen and oxygen atoms in total. The van der Waals surface area contributed by atoms with Gasteiger partial charge in [-0.2, -0.15) is 9.29 Å². The standard InChI is InChI=1S/C16H17F2N3O4S/c1-24-16-19-7-4-15(20-16)25-12-5-8-21(9-6-12)26(22,23)14-10-11(17)2-3-13(14)18/h2-4,7,10,12H,5-6,8-9H2,1H3. The van der Waals surface area contributed by atoms with E-state index < -0.39 is 26.6 Å². The predicted octanol–water partition coefficient (Wildman–Crippen LogP) is 2.00. The van der Waals surface area contributed by atoms with E-state index in [4.69, 9.17) is 9.47 Å². The molecule has 3 rings (SSSR count). The van der Waals surface area contributed by atoms with Crippen molar-refractivity contribution >= 4 is 10.0 Å². The Morgan fingerprint density at radius 1 is 1.19 bits per heavy atom. The van der Waals surface area contributed by atoms with Crippen molar-refractivity contribution in [1.29, 1.82) is 0 Å². The molecule has 2 heterocycles. The molecule has 0 bridgehead atoms. The minimum atomic E-state index is -4.11. The van der Waals surface area contributed by atoms with Gasteiger partial charge in [0.05, 0.1) is 7.11 Å². The van der Waals surface area contributed by atoms with Crippen LogP contribution in [0.25, 0.3) is 0 Å². The smallest absolute Gasteiger partial charge is 0.319 e. The fraction of sp³-hybridized carbons (Fsp3) is 0.375. The van der Waals surface area contributed by atoms with Gasteiger partial charge in [-0.3, -0.25) is 0 Å². The Bertz CT molecular complexity index is 887. The molecule has 1 fully saturated rings. The molecule has 1 aromatic heterocycles. The number of ether oxygens (including phenoxy) is 2. The van der Waals surface area contributed by atoms with Crippen LogP contribution in [0.1, 0.15) is 12.8 Å². The molecule has 0 atom stereocenters. The zero-order valence-electron chi connectivity index (χ0n) is 13.9. The molecule has 26 heavy (non-hydrogen) atoms. The van der Waals surface area contributed by atoms with Crippen LogP contribution in [0, 0.1) is 11.6 Å². The lowest BCUT2D eigenvalue weighted by molar-refractivity contribution is 0.128. The maximum atomic E-state index is 13.8. The Labute approximate surface area is 149 Å². The lowest BCUT2D eigenvalue weighted by atomic mass is 10.1. The molecule has 2 aromatic rings. The third-order valence-corrected chi connectivity index (χ3v) is 5.90. The Kier molecular flexibility index (Phi) is 5.33. The zero-order valence-corrected chi connectivity index (χ0v) is 14.7. The molecule has 10 heteroatoms. The first-order valence-corrected chi connectivity index (χ1v) is 9.33. The van der Waals surface area contributed by atoms with Gasteiger partial charge in [0, 0.05) is 25.4 Å². The summed E-state index contributed by atoms with van der Waals surface area (Å²) >= 11 is 0. The summed E-state index contributed by atoms with van der Waals surface area (Å²) in [6, 6.07) is 4.13. The summed E-state index contributed by atoms with van der Waals surface area (Å²) < 4.78 is 64.0. The first kappa shape index (κ1) is 18.5. The van der Waals surface area contributed by atoms with E-state index >= 15 is 0 Å². The van der Waals surface area contributed by atoms with Crippen molar-refractivity contribution in [1.82, 2.24) is 14.3 Å². The van der Waals surface area contributed by atoms with E-state index in [-0.39, 0.29) is 25.2 Å². The van der Waals surface area contributed by atoms with Crippen LogP contribution in [0.5, 0.6) is 11.9 Å². The van der Waals surface area contributed by atoms with Gasteiger partial charge >= 0.3 is 6.01 Å². The van der Waals surface area contributed by atoms with Crippen molar-refractivity contribution in [3.8, 4) is 11.9 Å². The average molecular weight is 385 g/mol. The van der Waals surface area contributed by atoms with Crippen LogP contribution in [0.3, 0.4) is 0 Å². The van der Waals surface area contributed by atoms with Crippen LogP contribution in [-0.4, -0.2) is 49.0 Å². The second-order valence-corrected chi connectivity index (χ2v) is 7.58. The number of benzene rings is 1. The molecular weight excluding hydrogens is 368 g/mol. The van der Waals surface area contributed by atoms with Crippen molar-refractivity contribution in [2.45, 2.75) is 23.8 Å². The number of halogens is 2. The van der Waals surface area contributed by atoms with Gasteiger partial charge in [-0.05, 0) is 31.0 Å². The molecule has 1 aliphatic rings. The Balaban J connectivity index is 1.67. The first-order chi connectivity index (χ1) is 12.4. The van der Waals surface area contributed by atoms with Gasteiger partial charge in [-0.1, -0.05) is 0 Å². The SMILES string of the molecule is COc1nccc(OC2CCN(S(=O)(=O)c3cc(F)ccc3F)CC2)n1. The van der Waals surface area contributed by atoms with Crippen LogP contribution < -0.4 is 9.47 Å². The van der Waals surface area contributed by atoms with Crippen LogP contribution in [0.4, 0.5) is 8.78 Å². The second-order valence-electron chi connectivity index (χ2n) is 5.68. The van der Waals surface area contributed by atoms with E-state index in [1.165, 1.54) is 13.3 Å². The molecule has 0 saturated carbocycles. The largest absolute Gasteiger partial charge is 0.474 e. The third kappa shape index (κ3) is 3.91. The van der Waals surface area contributed by atoms with Gasteiger partial charge in [-0.25, -0.2) is 22.2 Å². The number of hydrogen-bond donors (Lipinski definition) is 0. The molecule has 1 aliphatic heterocycles. The molecule has 0 amide bonds. The number of piperidine rings is 1. The average Bonchev–Trinajstić information content (AvgIpc) is 2.64. The van der Waals surface area contributed by atoms with Gasteiger partial charge in [0.15, 0.2) is 0 Å². The maximum Gasteiger partial charge on any atom is 0.319 e. The van der Waals surface area contributed by atoms with Crippen LogP contribution >= 0.6 is 0 Å². The lowest BCUT2D eigenvalue weighted by Crippen LogP contribution is -2.42. The van der Waals surface area contributed by atoms with Gasteiger partial charge in [0.2, 0.25) is 15.9 Å². The molecule has 0 unspecified atom stereocenters. The van der Waals surface area contributed by atoms with E-state index in [1.54, 1.807) is 6.07 Å². The van der Waals surface area contributed by atoms with Crippen molar-refractivity contribution in [2.24, 2.45) is 0 Å². The van der Waals surface area contributed by atoms with Gasteiger partial charge in [0.1, 0.15) is 22.6 Å². The summed E-state index contributed by atoms with van der Waals surface area (Å²) in [6.45, 7) is 0.260. The number of hydrogen-bond acceptors (Lipinski definition) is 6. The van der Waals surface area contributed by atoms with Crippen molar-refractivity contribution in [3.05, 3.63) is 42.1 Å². The Morgan fingerprint density at radius 2 is 1.92 bits per heavy atom. The number of aromatic nitrogens is 2. The predicted molar refractivity (Wildman–Crippen MR) is 87.4 cm³/mol. The van der Waals surface area contributed by atoms with Crippen LogP contribution in [0.2, 0.25) is 0 Å². The fourth-order valence-corrected chi connectivity index (χ4v) is 4.21. The highest BCUT2D eigenvalue weighted by atomic mass is 32.2. The Hall–Kier alpha value is -2.33. The highest BCUT2D eigenvalue weighted by molar-refractivity contribution is 7.89. The summed E-state index contributed by atoms with van der Waals surface area (Å²) in [4.78, 5) is 7.27. The molecule has 0 aliphatic carbocycles. The summed E-state index contributed by atoms with van der Waals surface area (Å²) in [7, 11) is -2.67. The molecule has 0 N–H and O–H groups in total.